The molecule has 70 valence electrons. The van der Waals surface area contributed by atoms with Crippen molar-refractivity contribution in [2.45, 2.75) is 5.16 Å². The van der Waals surface area contributed by atoms with Crippen LogP contribution in [0.25, 0.3) is 0 Å². The van der Waals surface area contributed by atoms with Gasteiger partial charge < -0.3 is 9.67 Å². The zero-order valence-electron chi connectivity index (χ0n) is 7.23. The summed E-state index contributed by atoms with van der Waals surface area (Å²) in [5.41, 5.74) is 0.188. The number of aliphatic carboxylic acids is 1. The maximum atomic E-state index is 10.4. The standard InChI is InChI=1S/C8H10N2O2S/c1-6(7(11)12)5-13-8-9-3-4-10(8)2/h3-4H,1,5H2,2H3,(H,11,12). The highest BCUT2D eigenvalue weighted by Crippen LogP contribution is 2.16. The van der Waals surface area contributed by atoms with Gasteiger partial charge in [0, 0.05) is 30.8 Å². The zero-order chi connectivity index (χ0) is 9.84. The molecule has 0 saturated carbocycles. The number of carboxylic acids is 1. The third kappa shape index (κ3) is 2.62. The van der Waals surface area contributed by atoms with E-state index in [-0.39, 0.29) is 5.57 Å². The number of carboxylic acid groups (broad SMARTS) is 1. The summed E-state index contributed by atoms with van der Waals surface area (Å²) in [6.45, 7) is 3.43. The molecule has 5 heteroatoms. The number of rotatable bonds is 4. The van der Waals surface area contributed by atoms with Gasteiger partial charge >= 0.3 is 5.97 Å². The van der Waals surface area contributed by atoms with Gasteiger partial charge in [-0.3, -0.25) is 0 Å². The van der Waals surface area contributed by atoms with E-state index in [9.17, 15) is 4.79 Å². The molecule has 0 fully saturated rings. The fourth-order valence-electron chi connectivity index (χ4n) is 0.704. The summed E-state index contributed by atoms with van der Waals surface area (Å²) in [5.74, 6) is -0.595. The van der Waals surface area contributed by atoms with Crippen molar-refractivity contribution < 1.29 is 9.90 Å². The van der Waals surface area contributed by atoms with Crippen LogP contribution in [0.1, 0.15) is 0 Å². The van der Waals surface area contributed by atoms with E-state index in [4.69, 9.17) is 5.11 Å². The number of aromatic nitrogens is 2. The van der Waals surface area contributed by atoms with Gasteiger partial charge in [0.1, 0.15) is 0 Å². The first-order valence-electron chi connectivity index (χ1n) is 3.62. The number of imidazole rings is 1. The first-order valence-corrected chi connectivity index (χ1v) is 4.61. The lowest BCUT2D eigenvalue weighted by Crippen LogP contribution is -2.02. The van der Waals surface area contributed by atoms with Crippen molar-refractivity contribution >= 4 is 17.7 Å². The Morgan fingerprint density at radius 2 is 2.54 bits per heavy atom. The number of hydrogen-bond donors (Lipinski definition) is 1. The summed E-state index contributed by atoms with van der Waals surface area (Å²) in [5, 5.41) is 9.33. The predicted octanol–water partition coefficient (Wildman–Crippen LogP) is 1.15. The molecule has 0 aliphatic rings. The van der Waals surface area contributed by atoms with E-state index in [2.05, 4.69) is 11.6 Å². The molecule has 1 N–H and O–H groups in total. The molecule has 0 unspecified atom stereocenters. The van der Waals surface area contributed by atoms with Crippen LogP contribution in [0.3, 0.4) is 0 Å². The van der Waals surface area contributed by atoms with Crippen LogP contribution in [-0.2, 0) is 11.8 Å². The molecule has 0 spiro atoms. The van der Waals surface area contributed by atoms with E-state index in [1.807, 2.05) is 17.8 Å². The van der Waals surface area contributed by atoms with Crippen molar-refractivity contribution in [3.63, 3.8) is 0 Å². The summed E-state index contributed by atoms with van der Waals surface area (Å²) in [7, 11) is 1.86. The summed E-state index contributed by atoms with van der Waals surface area (Å²) in [6.07, 6.45) is 3.48. The number of aryl methyl sites for hydroxylation is 1. The molecule has 1 aromatic rings. The fourth-order valence-corrected chi connectivity index (χ4v) is 1.53. The normalized spacial score (nSPS) is 9.92. The minimum atomic E-state index is -0.957. The first kappa shape index (κ1) is 9.85. The molecule has 0 aromatic carbocycles. The number of carbonyl (C=O) groups is 1. The van der Waals surface area contributed by atoms with Crippen LogP contribution < -0.4 is 0 Å². The van der Waals surface area contributed by atoms with Gasteiger partial charge in [0.15, 0.2) is 5.16 Å². The second kappa shape index (κ2) is 4.13. The fraction of sp³-hybridized carbons (Fsp3) is 0.250. The van der Waals surface area contributed by atoms with Crippen molar-refractivity contribution in [1.29, 1.82) is 0 Å². The van der Waals surface area contributed by atoms with Crippen molar-refractivity contribution in [2.75, 3.05) is 5.75 Å². The quantitative estimate of drug-likeness (QED) is 0.582. The molecule has 0 aliphatic carbocycles. The van der Waals surface area contributed by atoms with Crippen LogP contribution in [0, 0.1) is 0 Å². The zero-order valence-corrected chi connectivity index (χ0v) is 8.04. The molecule has 1 heterocycles. The molecule has 1 rings (SSSR count). The van der Waals surface area contributed by atoms with E-state index in [1.165, 1.54) is 11.8 Å². The summed E-state index contributed by atoms with van der Waals surface area (Å²) in [4.78, 5) is 14.4. The van der Waals surface area contributed by atoms with Gasteiger partial charge in [-0.05, 0) is 0 Å². The predicted molar refractivity (Wildman–Crippen MR) is 50.7 cm³/mol. The molecule has 0 amide bonds. The van der Waals surface area contributed by atoms with E-state index < -0.39 is 5.97 Å². The Balaban J connectivity index is 2.48. The van der Waals surface area contributed by atoms with Crippen LogP contribution in [0.15, 0.2) is 29.7 Å². The maximum absolute atomic E-state index is 10.4. The van der Waals surface area contributed by atoms with Crippen LogP contribution in [0.5, 0.6) is 0 Å². The van der Waals surface area contributed by atoms with Gasteiger partial charge in [-0.15, -0.1) is 0 Å². The van der Waals surface area contributed by atoms with Crippen molar-refractivity contribution in [1.82, 2.24) is 9.55 Å². The van der Waals surface area contributed by atoms with E-state index in [1.54, 1.807) is 6.20 Å². The Morgan fingerprint density at radius 3 is 3.00 bits per heavy atom. The molecule has 0 bridgehead atoms. The molecular formula is C8H10N2O2S. The van der Waals surface area contributed by atoms with Gasteiger partial charge in [-0.1, -0.05) is 18.3 Å². The lowest BCUT2D eigenvalue weighted by Gasteiger charge is -2.00. The molecule has 0 aliphatic heterocycles. The highest BCUT2D eigenvalue weighted by molar-refractivity contribution is 7.99. The highest BCUT2D eigenvalue weighted by atomic mass is 32.2. The molecule has 13 heavy (non-hydrogen) atoms. The van der Waals surface area contributed by atoms with E-state index >= 15 is 0 Å². The number of nitrogens with zero attached hydrogens (tertiary/aromatic N) is 2. The molecule has 4 nitrogen and oxygen atoms in total. The average Bonchev–Trinajstić information content (AvgIpc) is 2.47. The summed E-state index contributed by atoms with van der Waals surface area (Å²) < 4.78 is 1.83. The molecule has 0 saturated heterocycles. The minimum absolute atomic E-state index is 0.188. The highest BCUT2D eigenvalue weighted by Gasteiger charge is 2.06. The largest absolute Gasteiger partial charge is 0.478 e. The molecular weight excluding hydrogens is 188 g/mol. The number of hydrogen-bond acceptors (Lipinski definition) is 3. The van der Waals surface area contributed by atoms with E-state index in [0.29, 0.717) is 5.75 Å². The van der Waals surface area contributed by atoms with Crippen LogP contribution in [0.4, 0.5) is 0 Å². The Kier molecular flexibility index (Phi) is 3.13. The average molecular weight is 198 g/mol. The Labute approximate surface area is 80.3 Å². The van der Waals surface area contributed by atoms with Gasteiger partial charge in [-0.2, -0.15) is 0 Å². The third-order valence-electron chi connectivity index (χ3n) is 1.45. The van der Waals surface area contributed by atoms with Gasteiger partial charge in [0.25, 0.3) is 0 Å². The second-order valence-corrected chi connectivity index (χ2v) is 3.46. The third-order valence-corrected chi connectivity index (χ3v) is 2.60. The first-order chi connectivity index (χ1) is 6.11. The molecule has 0 radical (unpaired) electrons. The Hall–Kier alpha value is -1.23. The Bertz CT molecular complexity index is 333. The van der Waals surface area contributed by atoms with Crippen molar-refractivity contribution in [3.8, 4) is 0 Å². The summed E-state index contributed by atoms with van der Waals surface area (Å²) >= 11 is 1.36. The monoisotopic (exact) mass is 198 g/mol. The lowest BCUT2D eigenvalue weighted by atomic mass is 10.4. The van der Waals surface area contributed by atoms with E-state index in [0.717, 1.165) is 5.16 Å². The van der Waals surface area contributed by atoms with Crippen LogP contribution in [-0.4, -0.2) is 26.4 Å². The second-order valence-electron chi connectivity index (χ2n) is 2.52. The minimum Gasteiger partial charge on any atom is -0.478 e. The molecule has 1 aromatic heterocycles. The SMILES string of the molecule is C=C(CSc1nccn1C)C(=O)O. The van der Waals surface area contributed by atoms with Crippen LogP contribution in [0.2, 0.25) is 0 Å². The molecule has 0 atom stereocenters. The topological polar surface area (TPSA) is 55.1 Å². The lowest BCUT2D eigenvalue weighted by molar-refractivity contribution is -0.132. The smallest absolute Gasteiger partial charge is 0.331 e. The van der Waals surface area contributed by atoms with Gasteiger partial charge in [-0.25, -0.2) is 9.78 Å². The van der Waals surface area contributed by atoms with Gasteiger partial charge in [0.2, 0.25) is 0 Å². The maximum Gasteiger partial charge on any atom is 0.331 e. The van der Waals surface area contributed by atoms with Crippen molar-refractivity contribution in [2.24, 2.45) is 7.05 Å². The Morgan fingerprint density at radius 1 is 1.85 bits per heavy atom. The van der Waals surface area contributed by atoms with Crippen molar-refractivity contribution in [3.05, 3.63) is 24.5 Å². The van der Waals surface area contributed by atoms with Crippen LogP contribution >= 0.6 is 11.8 Å². The number of thioether (sulfide) groups is 1. The van der Waals surface area contributed by atoms with Gasteiger partial charge in [0.05, 0.1) is 0 Å². The summed E-state index contributed by atoms with van der Waals surface area (Å²) in [6, 6.07) is 0.